The van der Waals surface area contributed by atoms with Gasteiger partial charge in [0.1, 0.15) is 17.0 Å². The van der Waals surface area contributed by atoms with Crippen LogP contribution in [-0.2, 0) is 4.74 Å². The number of hydrogen-bond donors (Lipinski definition) is 3. The predicted octanol–water partition coefficient (Wildman–Crippen LogP) is 3.95. The molecule has 0 unspecified atom stereocenters. The zero-order valence-corrected chi connectivity index (χ0v) is 22.2. The van der Waals surface area contributed by atoms with E-state index >= 15 is 0 Å². The van der Waals surface area contributed by atoms with Crippen LogP contribution in [0.15, 0.2) is 9.59 Å². The highest BCUT2D eigenvalue weighted by Crippen LogP contribution is 2.20. The molecule has 0 heterocycles. The van der Waals surface area contributed by atoms with Gasteiger partial charge in [-0.05, 0) is 85.9 Å². The van der Waals surface area contributed by atoms with Gasteiger partial charge >= 0.3 is 6.09 Å². The number of rotatable bonds is 12. The molecule has 1 rings (SSSR count). The van der Waals surface area contributed by atoms with Gasteiger partial charge in [0.2, 0.25) is 0 Å². The lowest BCUT2D eigenvalue weighted by atomic mass is 9.92. The number of amides is 1. The summed E-state index contributed by atoms with van der Waals surface area (Å²) in [5, 5.41) is 9.09. The fourth-order valence-electron chi connectivity index (χ4n) is 3.21. The van der Waals surface area contributed by atoms with Crippen LogP contribution in [0, 0.1) is 5.41 Å². The maximum Gasteiger partial charge on any atom is 0.407 e. The number of carbonyl (C=O) groups is 1. The highest BCUT2D eigenvalue weighted by molar-refractivity contribution is 5.74. The van der Waals surface area contributed by atoms with Gasteiger partial charge in [0.05, 0.1) is 0 Å². The second-order valence-electron chi connectivity index (χ2n) is 12.0. The SMILES string of the molecule is CC(C)(C)CCN(CCCNC(=O)OC(C)(C)C)CCCNc1c(NC(C)(C)C)c(=O)c1=O. The summed E-state index contributed by atoms with van der Waals surface area (Å²) in [6.45, 7) is 22.0. The smallest absolute Gasteiger partial charge is 0.407 e. The minimum Gasteiger partial charge on any atom is -0.444 e. The fourth-order valence-corrected chi connectivity index (χ4v) is 3.21. The van der Waals surface area contributed by atoms with Gasteiger partial charge in [0, 0.05) is 18.6 Å². The summed E-state index contributed by atoms with van der Waals surface area (Å²) >= 11 is 0. The zero-order valence-electron chi connectivity index (χ0n) is 22.2. The first kappa shape index (κ1) is 28.9. The van der Waals surface area contributed by atoms with Crippen molar-refractivity contribution in [2.24, 2.45) is 5.41 Å². The van der Waals surface area contributed by atoms with E-state index in [2.05, 4.69) is 41.6 Å². The third kappa shape index (κ3) is 12.1. The highest BCUT2D eigenvalue weighted by atomic mass is 16.6. The van der Waals surface area contributed by atoms with Crippen LogP contribution in [0.25, 0.3) is 0 Å². The van der Waals surface area contributed by atoms with E-state index in [1.807, 2.05) is 41.5 Å². The normalized spacial score (nSPS) is 12.8. The van der Waals surface area contributed by atoms with E-state index in [4.69, 9.17) is 4.74 Å². The summed E-state index contributed by atoms with van der Waals surface area (Å²) in [4.78, 5) is 38.0. The van der Waals surface area contributed by atoms with Crippen molar-refractivity contribution in [1.82, 2.24) is 10.2 Å². The highest BCUT2D eigenvalue weighted by Gasteiger charge is 2.24. The summed E-state index contributed by atoms with van der Waals surface area (Å²) in [6.07, 6.45) is 2.35. The van der Waals surface area contributed by atoms with Crippen LogP contribution in [0.1, 0.15) is 81.6 Å². The van der Waals surface area contributed by atoms with E-state index in [1.54, 1.807) is 0 Å². The molecule has 0 atom stereocenters. The minimum atomic E-state index is -0.500. The predicted molar refractivity (Wildman–Crippen MR) is 137 cm³/mol. The van der Waals surface area contributed by atoms with Crippen molar-refractivity contribution in [2.75, 3.05) is 43.4 Å². The maximum atomic E-state index is 11.9. The third-order valence-electron chi connectivity index (χ3n) is 4.86. The molecular formula is C25H46N4O4. The molecular weight excluding hydrogens is 420 g/mol. The van der Waals surface area contributed by atoms with Crippen molar-refractivity contribution in [2.45, 2.75) is 92.7 Å². The van der Waals surface area contributed by atoms with Crippen molar-refractivity contribution in [3.05, 3.63) is 20.4 Å². The summed E-state index contributed by atoms with van der Waals surface area (Å²) < 4.78 is 5.28. The first-order chi connectivity index (χ1) is 15.0. The van der Waals surface area contributed by atoms with Gasteiger partial charge in [0.15, 0.2) is 0 Å². The Morgan fingerprint density at radius 3 is 1.88 bits per heavy atom. The van der Waals surface area contributed by atoms with Gasteiger partial charge < -0.3 is 25.6 Å². The molecule has 0 saturated heterocycles. The second kappa shape index (κ2) is 11.9. The van der Waals surface area contributed by atoms with E-state index in [-0.39, 0.29) is 17.0 Å². The van der Waals surface area contributed by atoms with Crippen LogP contribution in [-0.4, -0.2) is 54.9 Å². The Hall–Kier alpha value is -2.09. The van der Waals surface area contributed by atoms with Gasteiger partial charge in [-0.1, -0.05) is 20.8 Å². The average Bonchev–Trinajstić information content (AvgIpc) is 2.63. The van der Waals surface area contributed by atoms with Gasteiger partial charge in [-0.2, -0.15) is 0 Å². The molecule has 8 nitrogen and oxygen atoms in total. The largest absolute Gasteiger partial charge is 0.444 e. The number of alkyl carbamates (subject to hydrolysis) is 1. The molecule has 1 aromatic carbocycles. The monoisotopic (exact) mass is 466 g/mol. The molecule has 0 radical (unpaired) electrons. The van der Waals surface area contributed by atoms with Crippen LogP contribution >= 0.6 is 0 Å². The minimum absolute atomic E-state index is 0.238. The number of anilines is 2. The number of nitrogens with zero attached hydrogens (tertiary/aromatic N) is 1. The lowest BCUT2D eigenvalue weighted by Gasteiger charge is -2.27. The van der Waals surface area contributed by atoms with E-state index in [0.717, 1.165) is 38.9 Å². The Labute approximate surface area is 199 Å². The van der Waals surface area contributed by atoms with Gasteiger partial charge in [-0.25, -0.2) is 4.79 Å². The molecule has 0 aliphatic heterocycles. The standard InChI is InChI=1S/C25H46N4O4/c1-23(2,3)12-17-29(16-11-14-27-22(32)33-25(7,8)9)15-10-13-26-18-19(21(31)20(18)30)28-24(4,5)6/h26,28H,10-17H2,1-9H3,(H,27,32). The van der Waals surface area contributed by atoms with Crippen molar-refractivity contribution in [1.29, 1.82) is 0 Å². The summed E-state index contributed by atoms with van der Waals surface area (Å²) in [7, 11) is 0. The van der Waals surface area contributed by atoms with E-state index < -0.39 is 16.5 Å². The van der Waals surface area contributed by atoms with E-state index in [0.29, 0.717) is 24.5 Å². The summed E-state index contributed by atoms with van der Waals surface area (Å²) in [5.74, 6) is 0. The van der Waals surface area contributed by atoms with E-state index in [1.165, 1.54) is 0 Å². The maximum absolute atomic E-state index is 11.9. The molecule has 0 fully saturated rings. The second-order valence-corrected chi connectivity index (χ2v) is 12.0. The Bertz CT molecular complexity index is 821. The summed E-state index contributed by atoms with van der Waals surface area (Å²) in [5.41, 5.74) is -0.642. The van der Waals surface area contributed by atoms with Gasteiger partial charge in [-0.15, -0.1) is 0 Å². The fraction of sp³-hybridized carbons (Fsp3) is 0.800. The van der Waals surface area contributed by atoms with Crippen molar-refractivity contribution < 1.29 is 9.53 Å². The van der Waals surface area contributed by atoms with E-state index in [9.17, 15) is 14.4 Å². The molecule has 0 saturated carbocycles. The number of nitrogens with one attached hydrogen (secondary N) is 3. The molecule has 0 aromatic heterocycles. The molecule has 1 amide bonds. The molecule has 0 aliphatic rings. The average molecular weight is 467 g/mol. The van der Waals surface area contributed by atoms with Crippen LogP contribution < -0.4 is 26.8 Å². The Kier molecular flexibility index (Phi) is 10.4. The molecule has 3 N–H and O–H groups in total. The molecule has 0 bridgehead atoms. The molecule has 8 heteroatoms. The molecule has 0 spiro atoms. The summed E-state index contributed by atoms with van der Waals surface area (Å²) in [6, 6.07) is 0. The van der Waals surface area contributed by atoms with Crippen molar-refractivity contribution in [3.8, 4) is 0 Å². The molecule has 33 heavy (non-hydrogen) atoms. The molecule has 1 aromatic rings. The van der Waals surface area contributed by atoms with Crippen LogP contribution in [0.2, 0.25) is 0 Å². The van der Waals surface area contributed by atoms with Crippen molar-refractivity contribution in [3.63, 3.8) is 0 Å². The van der Waals surface area contributed by atoms with Gasteiger partial charge in [-0.3, -0.25) is 9.59 Å². The van der Waals surface area contributed by atoms with Crippen LogP contribution in [0.4, 0.5) is 16.2 Å². The zero-order chi connectivity index (χ0) is 25.4. The number of carbonyl (C=O) groups excluding carboxylic acids is 1. The van der Waals surface area contributed by atoms with Gasteiger partial charge in [0.25, 0.3) is 10.9 Å². The first-order valence-corrected chi connectivity index (χ1v) is 12.0. The topological polar surface area (TPSA) is 99.8 Å². The lowest BCUT2D eigenvalue weighted by Crippen LogP contribution is -2.42. The van der Waals surface area contributed by atoms with Crippen LogP contribution in [0.3, 0.4) is 0 Å². The Morgan fingerprint density at radius 1 is 0.818 bits per heavy atom. The third-order valence-corrected chi connectivity index (χ3v) is 4.86. The van der Waals surface area contributed by atoms with Crippen LogP contribution in [0.5, 0.6) is 0 Å². The van der Waals surface area contributed by atoms with Crippen molar-refractivity contribution >= 4 is 17.5 Å². The number of hydrogen-bond acceptors (Lipinski definition) is 7. The Balaban J connectivity index is 2.51. The number of ether oxygens (including phenoxy) is 1. The quantitative estimate of drug-likeness (QED) is 0.317. The first-order valence-electron chi connectivity index (χ1n) is 12.0. The Morgan fingerprint density at radius 2 is 1.36 bits per heavy atom. The molecule has 0 aliphatic carbocycles. The molecule has 190 valence electrons. The lowest BCUT2D eigenvalue weighted by molar-refractivity contribution is 0.0525.